The van der Waals surface area contributed by atoms with Crippen LogP contribution in [-0.2, 0) is 19.4 Å². The fraction of sp³-hybridized carbons (Fsp3) is 0.333. The van der Waals surface area contributed by atoms with E-state index in [0.717, 1.165) is 50.3 Å². The first-order valence-corrected chi connectivity index (χ1v) is 7.73. The first kappa shape index (κ1) is 14.0. The first-order valence-electron chi connectivity index (χ1n) is 7.73. The van der Waals surface area contributed by atoms with Crippen LogP contribution < -0.4 is 16.4 Å². The number of benzene rings is 2. The Balaban J connectivity index is 1.56. The number of fused-ring (bicyclic) bond motifs is 1. The van der Waals surface area contributed by atoms with E-state index in [9.17, 15) is 0 Å². The Hall–Kier alpha value is -2.00. The summed E-state index contributed by atoms with van der Waals surface area (Å²) >= 11 is 0. The van der Waals surface area contributed by atoms with Gasteiger partial charge in [-0.15, -0.1) is 0 Å². The fourth-order valence-electron chi connectivity index (χ4n) is 2.92. The molecule has 3 nitrogen and oxygen atoms in total. The fourth-order valence-corrected chi connectivity index (χ4v) is 2.92. The third-order valence-electron chi connectivity index (χ3n) is 4.12. The molecule has 2 aromatic carbocycles. The summed E-state index contributed by atoms with van der Waals surface area (Å²) in [6, 6.07) is 14.9. The van der Waals surface area contributed by atoms with Crippen molar-refractivity contribution in [3.63, 3.8) is 0 Å². The van der Waals surface area contributed by atoms with E-state index >= 15 is 0 Å². The molecule has 0 atom stereocenters. The number of hydrogen-bond acceptors (Lipinski definition) is 3. The Morgan fingerprint density at radius 3 is 2.81 bits per heavy atom. The maximum Gasteiger partial charge on any atom is 0.0586 e. The van der Waals surface area contributed by atoms with Gasteiger partial charge in [0.2, 0.25) is 0 Å². The molecule has 3 rings (SSSR count). The Morgan fingerprint density at radius 2 is 1.95 bits per heavy atom. The minimum absolute atomic E-state index is 0.938. The summed E-state index contributed by atoms with van der Waals surface area (Å²) in [7, 11) is 0. The number of anilines is 2. The van der Waals surface area contributed by atoms with Gasteiger partial charge in [-0.2, -0.15) is 0 Å². The Kier molecular flexibility index (Phi) is 4.41. The highest BCUT2D eigenvalue weighted by Gasteiger charge is 2.13. The Bertz CT molecular complexity index is 593. The predicted molar refractivity (Wildman–Crippen MR) is 89.5 cm³/mol. The summed E-state index contributed by atoms with van der Waals surface area (Å²) in [6.45, 7) is 2.92. The third-order valence-corrected chi connectivity index (χ3v) is 4.12. The van der Waals surface area contributed by atoms with Crippen LogP contribution in [0.5, 0.6) is 0 Å². The van der Waals surface area contributed by atoms with Crippen LogP contribution in [0.3, 0.4) is 0 Å². The lowest BCUT2D eigenvalue weighted by molar-refractivity contribution is 0.645. The molecule has 0 radical (unpaired) electrons. The molecule has 0 aromatic heterocycles. The van der Waals surface area contributed by atoms with E-state index in [2.05, 4.69) is 53.1 Å². The van der Waals surface area contributed by atoms with Crippen molar-refractivity contribution in [2.75, 3.05) is 24.1 Å². The number of nitrogens with one attached hydrogen (secondary N) is 2. The molecule has 3 heteroatoms. The number of hydrogen-bond donors (Lipinski definition) is 3. The largest absolute Gasteiger partial charge is 0.397 e. The molecule has 110 valence electrons. The van der Waals surface area contributed by atoms with Crippen LogP contribution in [0, 0.1) is 0 Å². The van der Waals surface area contributed by atoms with Crippen LogP contribution in [0.25, 0.3) is 0 Å². The van der Waals surface area contributed by atoms with E-state index in [4.69, 9.17) is 5.73 Å². The van der Waals surface area contributed by atoms with Gasteiger partial charge in [-0.1, -0.05) is 36.4 Å². The van der Waals surface area contributed by atoms with Gasteiger partial charge >= 0.3 is 0 Å². The van der Waals surface area contributed by atoms with Crippen molar-refractivity contribution in [2.24, 2.45) is 0 Å². The zero-order valence-corrected chi connectivity index (χ0v) is 12.4. The first-order chi connectivity index (χ1) is 10.3. The molecule has 0 spiro atoms. The number of nitrogens with two attached hydrogens (primary N) is 1. The van der Waals surface area contributed by atoms with Crippen LogP contribution >= 0.6 is 0 Å². The predicted octanol–water partition coefficient (Wildman–Crippen LogP) is 2.96. The van der Waals surface area contributed by atoms with Crippen LogP contribution in [0.15, 0.2) is 42.5 Å². The maximum absolute atomic E-state index is 6.31. The lowest BCUT2D eigenvalue weighted by Crippen LogP contribution is -2.24. The lowest BCUT2D eigenvalue weighted by Gasteiger charge is -2.21. The van der Waals surface area contributed by atoms with Crippen LogP contribution in [-0.4, -0.2) is 13.1 Å². The van der Waals surface area contributed by atoms with Gasteiger partial charge in [0.15, 0.2) is 0 Å². The van der Waals surface area contributed by atoms with Crippen molar-refractivity contribution >= 4 is 11.4 Å². The zero-order valence-electron chi connectivity index (χ0n) is 12.4. The Morgan fingerprint density at radius 1 is 1.10 bits per heavy atom. The lowest BCUT2D eigenvalue weighted by atomic mass is 9.98. The van der Waals surface area contributed by atoms with E-state index in [1.54, 1.807) is 0 Å². The second-order valence-electron chi connectivity index (χ2n) is 5.61. The molecule has 4 N–H and O–H groups in total. The standard InChI is InChI=1S/C18H23N3/c19-18-16-10-12-20-13-15(16)8-9-17(18)21-11-4-7-14-5-2-1-3-6-14/h1-3,5-6,8-9,20-21H,4,7,10-13,19H2. The molecule has 1 aliphatic heterocycles. The van der Waals surface area contributed by atoms with E-state index in [0.29, 0.717) is 0 Å². The molecule has 2 aromatic rings. The van der Waals surface area contributed by atoms with Gasteiger partial charge in [0.25, 0.3) is 0 Å². The van der Waals surface area contributed by atoms with Crippen molar-refractivity contribution < 1.29 is 0 Å². The van der Waals surface area contributed by atoms with Gasteiger partial charge in [-0.25, -0.2) is 0 Å². The molecular weight excluding hydrogens is 258 g/mol. The van der Waals surface area contributed by atoms with E-state index < -0.39 is 0 Å². The minimum Gasteiger partial charge on any atom is -0.397 e. The average molecular weight is 281 g/mol. The summed E-state index contributed by atoms with van der Waals surface area (Å²) in [4.78, 5) is 0. The number of nitrogen functional groups attached to an aromatic ring is 1. The maximum atomic E-state index is 6.31. The molecule has 1 heterocycles. The summed E-state index contributed by atoms with van der Waals surface area (Å²) in [5.74, 6) is 0. The van der Waals surface area contributed by atoms with Crippen LogP contribution in [0.1, 0.15) is 23.1 Å². The molecule has 0 saturated heterocycles. The Labute approximate surface area is 126 Å². The number of aryl methyl sites for hydroxylation is 1. The molecule has 0 saturated carbocycles. The van der Waals surface area contributed by atoms with Gasteiger partial charge in [0.05, 0.1) is 11.4 Å². The molecule has 21 heavy (non-hydrogen) atoms. The monoisotopic (exact) mass is 281 g/mol. The van der Waals surface area contributed by atoms with Crippen molar-refractivity contribution in [3.8, 4) is 0 Å². The molecule has 1 aliphatic rings. The molecule has 0 bridgehead atoms. The van der Waals surface area contributed by atoms with Crippen molar-refractivity contribution in [1.82, 2.24) is 5.32 Å². The highest BCUT2D eigenvalue weighted by atomic mass is 14.9. The van der Waals surface area contributed by atoms with E-state index in [-0.39, 0.29) is 0 Å². The molecular formula is C18H23N3. The summed E-state index contributed by atoms with van der Waals surface area (Å²) in [5, 5.41) is 6.87. The van der Waals surface area contributed by atoms with Crippen molar-refractivity contribution in [3.05, 3.63) is 59.2 Å². The summed E-state index contributed by atoms with van der Waals surface area (Å²) in [6.07, 6.45) is 3.24. The summed E-state index contributed by atoms with van der Waals surface area (Å²) < 4.78 is 0. The van der Waals surface area contributed by atoms with Gasteiger partial charge in [-0.3, -0.25) is 0 Å². The average Bonchev–Trinajstić information content (AvgIpc) is 2.55. The second-order valence-corrected chi connectivity index (χ2v) is 5.61. The zero-order chi connectivity index (χ0) is 14.5. The normalized spacial score (nSPS) is 13.7. The minimum atomic E-state index is 0.938. The smallest absolute Gasteiger partial charge is 0.0586 e. The van der Waals surface area contributed by atoms with Gasteiger partial charge in [0, 0.05) is 13.1 Å². The highest BCUT2D eigenvalue weighted by molar-refractivity contribution is 5.72. The summed E-state index contributed by atoms with van der Waals surface area (Å²) in [5.41, 5.74) is 12.4. The molecule has 0 amide bonds. The highest BCUT2D eigenvalue weighted by Crippen LogP contribution is 2.28. The molecule has 0 unspecified atom stereocenters. The second kappa shape index (κ2) is 6.64. The van der Waals surface area contributed by atoms with Crippen LogP contribution in [0.4, 0.5) is 11.4 Å². The number of rotatable bonds is 5. The van der Waals surface area contributed by atoms with E-state index in [1.165, 1.54) is 16.7 Å². The van der Waals surface area contributed by atoms with Crippen molar-refractivity contribution in [1.29, 1.82) is 0 Å². The van der Waals surface area contributed by atoms with Gasteiger partial charge in [-0.05, 0) is 48.6 Å². The molecule has 0 fully saturated rings. The molecule has 0 aliphatic carbocycles. The quantitative estimate of drug-likeness (QED) is 0.583. The van der Waals surface area contributed by atoms with Gasteiger partial charge < -0.3 is 16.4 Å². The van der Waals surface area contributed by atoms with Crippen molar-refractivity contribution in [2.45, 2.75) is 25.8 Å². The topological polar surface area (TPSA) is 50.1 Å². The van der Waals surface area contributed by atoms with Crippen LogP contribution in [0.2, 0.25) is 0 Å². The third kappa shape index (κ3) is 3.37. The van der Waals surface area contributed by atoms with E-state index in [1.807, 2.05) is 0 Å². The SMILES string of the molecule is Nc1c(NCCCc2ccccc2)ccc2c1CCNC2. The van der Waals surface area contributed by atoms with Gasteiger partial charge in [0.1, 0.15) is 0 Å².